The minimum atomic E-state index is -0.290. The third kappa shape index (κ3) is 5.40. The van der Waals surface area contributed by atoms with Crippen molar-refractivity contribution in [2.45, 2.75) is 44.6 Å². The number of benzene rings is 1. The molecule has 1 aromatic carbocycles. The van der Waals surface area contributed by atoms with E-state index in [1.54, 1.807) is 18.5 Å². The van der Waals surface area contributed by atoms with Crippen molar-refractivity contribution in [3.05, 3.63) is 71.1 Å². The summed E-state index contributed by atoms with van der Waals surface area (Å²) in [6, 6.07) is 8.55. The van der Waals surface area contributed by atoms with Crippen LogP contribution in [0.4, 0.5) is 10.3 Å². The summed E-state index contributed by atoms with van der Waals surface area (Å²) >= 11 is 0. The first-order valence-corrected chi connectivity index (χ1v) is 11.2. The molecule has 2 aliphatic rings. The molecule has 1 fully saturated rings. The number of hydrogen-bond acceptors (Lipinski definition) is 7. The molecule has 1 unspecified atom stereocenters. The molecule has 8 heteroatoms. The SMILES string of the molecule is Cc1nc(N)nc2c1C(=N)CC(c1ccc(F)cc1-c1cccnc1)C2.OC1CCNCC1. The average molecular weight is 449 g/mol. The van der Waals surface area contributed by atoms with Gasteiger partial charge in [0.2, 0.25) is 5.95 Å². The molecule has 3 heterocycles. The minimum absolute atomic E-state index is 0.0266. The maximum Gasteiger partial charge on any atom is 0.220 e. The highest BCUT2D eigenvalue weighted by atomic mass is 19.1. The van der Waals surface area contributed by atoms with Gasteiger partial charge >= 0.3 is 0 Å². The molecular formula is C25H29FN6O. The van der Waals surface area contributed by atoms with Crippen LogP contribution < -0.4 is 11.1 Å². The van der Waals surface area contributed by atoms with E-state index in [0.29, 0.717) is 18.6 Å². The number of nitrogens with two attached hydrogens (primary N) is 1. The summed E-state index contributed by atoms with van der Waals surface area (Å²) in [5.74, 6) is -0.0397. The Kier molecular flexibility index (Phi) is 7.05. The van der Waals surface area contributed by atoms with E-state index in [0.717, 1.165) is 59.6 Å². The molecule has 1 saturated heterocycles. The summed E-state index contributed by atoms with van der Waals surface area (Å²) < 4.78 is 13.9. The molecule has 33 heavy (non-hydrogen) atoms. The first-order chi connectivity index (χ1) is 15.9. The Morgan fingerprint density at radius 2 is 1.94 bits per heavy atom. The van der Waals surface area contributed by atoms with Crippen molar-refractivity contribution in [3.63, 3.8) is 0 Å². The Morgan fingerprint density at radius 1 is 1.15 bits per heavy atom. The zero-order chi connectivity index (χ0) is 23.4. The Labute approximate surface area is 192 Å². The van der Waals surface area contributed by atoms with Crippen molar-refractivity contribution >= 4 is 11.7 Å². The van der Waals surface area contributed by atoms with Crippen LogP contribution in [-0.2, 0) is 6.42 Å². The Balaban J connectivity index is 0.000000318. The Morgan fingerprint density at radius 3 is 2.61 bits per heavy atom. The molecule has 0 bridgehead atoms. The van der Waals surface area contributed by atoms with Gasteiger partial charge in [0.15, 0.2) is 0 Å². The lowest BCUT2D eigenvalue weighted by Gasteiger charge is -2.27. The van der Waals surface area contributed by atoms with Crippen molar-refractivity contribution in [1.29, 1.82) is 5.41 Å². The van der Waals surface area contributed by atoms with Crippen LogP contribution in [0.1, 0.15) is 47.7 Å². The van der Waals surface area contributed by atoms with Crippen LogP contribution in [0.25, 0.3) is 11.1 Å². The molecule has 3 aromatic rings. The maximum absolute atomic E-state index is 13.9. The van der Waals surface area contributed by atoms with Crippen molar-refractivity contribution in [2.75, 3.05) is 18.8 Å². The number of aryl methyl sites for hydroxylation is 1. The highest BCUT2D eigenvalue weighted by molar-refractivity contribution is 6.01. The Hall–Kier alpha value is -3.23. The number of nitrogens with zero attached hydrogens (tertiary/aromatic N) is 3. The summed E-state index contributed by atoms with van der Waals surface area (Å²) in [5, 5.41) is 20.5. The topological polar surface area (TPSA) is 121 Å². The van der Waals surface area contributed by atoms with Gasteiger partial charge in [0.1, 0.15) is 5.82 Å². The lowest BCUT2D eigenvalue weighted by molar-refractivity contribution is 0.137. The van der Waals surface area contributed by atoms with Gasteiger partial charge in [-0.05, 0) is 80.9 Å². The normalized spacial score (nSPS) is 18.3. The maximum atomic E-state index is 13.9. The second-order valence-corrected chi connectivity index (χ2v) is 8.53. The fourth-order valence-electron chi connectivity index (χ4n) is 4.53. The number of aliphatic hydroxyl groups is 1. The summed E-state index contributed by atoms with van der Waals surface area (Å²) in [6.07, 6.45) is 6.45. The number of nitrogen functional groups attached to an aromatic ring is 1. The van der Waals surface area contributed by atoms with E-state index in [1.807, 2.05) is 19.1 Å². The summed E-state index contributed by atoms with van der Waals surface area (Å²) in [6.45, 7) is 3.83. The van der Waals surface area contributed by atoms with Crippen molar-refractivity contribution in [1.82, 2.24) is 20.3 Å². The van der Waals surface area contributed by atoms with E-state index in [9.17, 15) is 4.39 Å². The van der Waals surface area contributed by atoms with Gasteiger partial charge in [0, 0.05) is 29.2 Å². The number of pyridine rings is 1. The Bertz CT molecular complexity index is 1130. The number of piperidine rings is 1. The van der Waals surface area contributed by atoms with Gasteiger partial charge in [-0.3, -0.25) is 4.98 Å². The molecule has 2 aromatic heterocycles. The van der Waals surface area contributed by atoms with E-state index < -0.39 is 0 Å². The van der Waals surface area contributed by atoms with Crippen LogP contribution >= 0.6 is 0 Å². The molecule has 172 valence electrons. The third-order valence-corrected chi connectivity index (χ3v) is 6.11. The lowest BCUT2D eigenvalue weighted by atomic mass is 9.78. The molecule has 0 amide bonds. The van der Waals surface area contributed by atoms with Crippen LogP contribution in [0, 0.1) is 18.2 Å². The van der Waals surface area contributed by atoms with Crippen molar-refractivity contribution < 1.29 is 9.50 Å². The van der Waals surface area contributed by atoms with Crippen LogP contribution in [0.5, 0.6) is 0 Å². The molecule has 1 aliphatic carbocycles. The van der Waals surface area contributed by atoms with E-state index in [2.05, 4.69) is 20.3 Å². The van der Waals surface area contributed by atoms with Gasteiger partial charge in [0.25, 0.3) is 0 Å². The van der Waals surface area contributed by atoms with Gasteiger partial charge in [-0.15, -0.1) is 0 Å². The lowest BCUT2D eigenvalue weighted by Crippen LogP contribution is -2.30. The summed E-state index contributed by atoms with van der Waals surface area (Å²) in [7, 11) is 0. The molecule has 1 aliphatic heterocycles. The molecule has 1 atom stereocenters. The van der Waals surface area contributed by atoms with Crippen LogP contribution in [0.15, 0.2) is 42.7 Å². The van der Waals surface area contributed by atoms with Gasteiger partial charge in [-0.1, -0.05) is 12.1 Å². The fourth-order valence-corrected chi connectivity index (χ4v) is 4.53. The first-order valence-electron chi connectivity index (χ1n) is 11.2. The number of anilines is 1. The van der Waals surface area contributed by atoms with Crippen LogP contribution in [0.3, 0.4) is 0 Å². The first kappa shape index (κ1) is 22.9. The monoisotopic (exact) mass is 448 g/mol. The quantitative estimate of drug-likeness (QED) is 0.477. The highest BCUT2D eigenvalue weighted by Gasteiger charge is 2.29. The van der Waals surface area contributed by atoms with Gasteiger partial charge in [-0.25, -0.2) is 14.4 Å². The van der Waals surface area contributed by atoms with Crippen LogP contribution in [0.2, 0.25) is 0 Å². The second kappa shape index (κ2) is 10.1. The fraction of sp³-hybridized carbons (Fsp3) is 0.360. The number of halogens is 1. The minimum Gasteiger partial charge on any atom is -0.393 e. The molecule has 5 N–H and O–H groups in total. The molecule has 7 nitrogen and oxygen atoms in total. The van der Waals surface area contributed by atoms with Gasteiger partial charge in [0.05, 0.1) is 17.5 Å². The van der Waals surface area contributed by atoms with Crippen LogP contribution in [-0.4, -0.2) is 45.0 Å². The van der Waals surface area contributed by atoms with E-state index >= 15 is 0 Å². The molecular weight excluding hydrogens is 419 g/mol. The number of aromatic nitrogens is 3. The molecule has 5 rings (SSSR count). The highest BCUT2D eigenvalue weighted by Crippen LogP contribution is 2.38. The largest absolute Gasteiger partial charge is 0.393 e. The number of aliphatic hydroxyl groups excluding tert-OH is 1. The zero-order valence-electron chi connectivity index (χ0n) is 18.7. The second-order valence-electron chi connectivity index (χ2n) is 8.53. The predicted octanol–water partition coefficient (Wildman–Crippen LogP) is 3.40. The van der Waals surface area contributed by atoms with Crippen molar-refractivity contribution in [2.24, 2.45) is 0 Å². The number of fused-ring (bicyclic) bond motifs is 1. The summed E-state index contributed by atoms with van der Waals surface area (Å²) in [4.78, 5) is 12.7. The number of rotatable bonds is 2. The van der Waals surface area contributed by atoms with E-state index in [4.69, 9.17) is 16.2 Å². The smallest absolute Gasteiger partial charge is 0.220 e. The predicted molar refractivity (Wildman–Crippen MR) is 127 cm³/mol. The number of nitrogens with one attached hydrogen (secondary N) is 2. The number of hydrogen-bond donors (Lipinski definition) is 4. The van der Waals surface area contributed by atoms with Gasteiger partial charge < -0.3 is 21.6 Å². The van der Waals surface area contributed by atoms with E-state index in [1.165, 1.54) is 12.1 Å². The zero-order valence-corrected chi connectivity index (χ0v) is 18.7. The van der Waals surface area contributed by atoms with Crippen molar-refractivity contribution in [3.8, 4) is 11.1 Å². The molecule has 0 radical (unpaired) electrons. The van der Waals surface area contributed by atoms with E-state index in [-0.39, 0.29) is 23.8 Å². The third-order valence-electron chi connectivity index (χ3n) is 6.11. The van der Waals surface area contributed by atoms with Gasteiger partial charge in [-0.2, -0.15) is 0 Å². The average Bonchev–Trinajstić information content (AvgIpc) is 2.80. The molecule has 0 spiro atoms. The summed E-state index contributed by atoms with van der Waals surface area (Å²) in [5.41, 5.74) is 11.3. The molecule has 0 saturated carbocycles. The standard InChI is InChI=1S/C20H18FN5.C5H11NO/c1-11-19-17(22)7-13(8-18(19)26-20(23)25-11)15-5-4-14(21)9-16(15)12-3-2-6-24-10-12;7-5-1-3-6-4-2-5/h2-6,9-10,13,22H,7-8H2,1H3,(H2,23,25,26);5-7H,1-4H2.